The minimum Gasteiger partial charge on any atom is -0.493 e. The molecule has 2 heterocycles. The molecule has 1 amide bonds. The minimum atomic E-state index is -0.711. The number of carbonyl (C=O) groups excluding carboxylic acids is 1. The molecule has 2 aromatic rings. The quantitative estimate of drug-likeness (QED) is 0.738. The fourth-order valence-electron chi connectivity index (χ4n) is 2.07. The van der Waals surface area contributed by atoms with E-state index in [4.69, 9.17) is 4.74 Å². The van der Waals surface area contributed by atoms with Crippen molar-refractivity contribution < 1.29 is 9.53 Å². The van der Waals surface area contributed by atoms with Gasteiger partial charge in [0.2, 0.25) is 0 Å². The van der Waals surface area contributed by atoms with E-state index in [0.717, 1.165) is 26.2 Å². The van der Waals surface area contributed by atoms with Crippen LogP contribution in [0.25, 0.3) is 10.4 Å². The number of thiophene rings is 1. The molecule has 0 N–H and O–H groups in total. The highest BCUT2D eigenvalue weighted by molar-refractivity contribution is 9.10. The molecule has 0 atom stereocenters. The van der Waals surface area contributed by atoms with Gasteiger partial charge in [-0.2, -0.15) is 0 Å². The van der Waals surface area contributed by atoms with Crippen molar-refractivity contribution in [3.63, 3.8) is 0 Å². The van der Waals surface area contributed by atoms with Gasteiger partial charge in [0.1, 0.15) is 5.75 Å². The second-order valence-corrected chi connectivity index (χ2v) is 6.07. The van der Waals surface area contributed by atoms with Crippen LogP contribution in [0.1, 0.15) is 15.2 Å². The monoisotopic (exact) mass is 337 g/mol. The molecule has 0 saturated heterocycles. The average molecular weight is 338 g/mol. The normalized spacial score (nSPS) is 12.9. The fraction of sp³-hybridized carbons (Fsp3) is 0.154. The predicted octanol–water partition coefficient (Wildman–Crippen LogP) is 4.02. The molecule has 0 radical (unpaired) electrons. The van der Waals surface area contributed by atoms with Crippen LogP contribution in [0.5, 0.6) is 5.75 Å². The van der Waals surface area contributed by atoms with E-state index in [1.807, 2.05) is 18.2 Å². The number of nitrogens with zero attached hydrogens (tertiary/aromatic N) is 1. The number of amides is 1. The van der Waals surface area contributed by atoms with Crippen molar-refractivity contribution in [2.75, 3.05) is 6.61 Å². The van der Waals surface area contributed by atoms with E-state index in [2.05, 4.69) is 21.1 Å². The molecule has 96 valence electrons. The second-order valence-electron chi connectivity index (χ2n) is 4.10. The minimum absolute atomic E-state index is 0.385. The molecule has 1 aromatic carbocycles. The van der Waals surface area contributed by atoms with Crippen molar-refractivity contribution in [3.05, 3.63) is 44.1 Å². The Kier molecular flexibility index (Phi) is 3.20. The van der Waals surface area contributed by atoms with Gasteiger partial charge >= 0.3 is 5.91 Å². The molecule has 1 aliphatic heterocycles. The number of hydrogen-bond donors (Lipinski definition) is 0. The number of nitroso groups, excluding NO2 is 1. The van der Waals surface area contributed by atoms with Gasteiger partial charge in [-0.05, 0) is 29.8 Å². The van der Waals surface area contributed by atoms with Crippen molar-refractivity contribution in [1.82, 2.24) is 0 Å². The van der Waals surface area contributed by atoms with E-state index in [-0.39, 0.29) is 0 Å². The van der Waals surface area contributed by atoms with Gasteiger partial charge in [-0.15, -0.1) is 16.2 Å². The molecular weight excluding hydrogens is 330 g/mol. The number of fused-ring (bicyclic) bond motifs is 3. The summed E-state index contributed by atoms with van der Waals surface area (Å²) in [5, 5.41) is 2.48. The lowest BCUT2D eigenvalue weighted by Gasteiger charge is -2.07. The zero-order valence-corrected chi connectivity index (χ0v) is 12.1. The van der Waals surface area contributed by atoms with E-state index in [9.17, 15) is 9.70 Å². The molecule has 1 aromatic heterocycles. The Morgan fingerprint density at radius 2 is 2.21 bits per heavy atom. The SMILES string of the molecule is O=NC(=O)c1cc2c(s1)-c1ccc(Br)cc1OCC2. The molecule has 3 rings (SSSR count). The van der Waals surface area contributed by atoms with Gasteiger partial charge in [-0.1, -0.05) is 15.9 Å². The van der Waals surface area contributed by atoms with Gasteiger partial charge in [0.25, 0.3) is 0 Å². The Labute approximate surface area is 121 Å². The molecule has 19 heavy (non-hydrogen) atoms. The smallest absolute Gasteiger partial charge is 0.326 e. The maximum Gasteiger partial charge on any atom is 0.326 e. The van der Waals surface area contributed by atoms with Crippen LogP contribution in [-0.2, 0) is 6.42 Å². The standard InChI is InChI=1S/C13H8BrNO3S/c14-8-1-2-9-10(6-8)18-4-3-7-5-11(13(16)15-17)19-12(7)9/h1-2,5-6H,3-4H2. The summed E-state index contributed by atoms with van der Waals surface area (Å²) in [6.45, 7) is 0.551. The molecule has 4 nitrogen and oxygen atoms in total. The van der Waals surface area contributed by atoms with Gasteiger partial charge in [0.15, 0.2) is 0 Å². The average Bonchev–Trinajstić information content (AvgIpc) is 2.75. The highest BCUT2D eigenvalue weighted by atomic mass is 79.9. The van der Waals surface area contributed by atoms with Crippen molar-refractivity contribution in [2.45, 2.75) is 6.42 Å². The summed E-state index contributed by atoms with van der Waals surface area (Å²) in [5.74, 6) is 0.0747. The third-order valence-electron chi connectivity index (χ3n) is 2.92. The molecule has 0 spiro atoms. The highest BCUT2D eigenvalue weighted by Crippen LogP contribution is 2.41. The Bertz CT molecular complexity index is 681. The van der Waals surface area contributed by atoms with Crippen molar-refractivity contribution in [3.8, 4) is 16.2 Å². The first-order valence-electron chi connectivity index (χ1n) is 5.62. The third-order valence-corrected chi connectivity index (χ3v) is 4.61. The number of ether oxygens (including phenoxy) is 1. The van der Waals surface area contributed by atoms with Gasteiger partial charge in [-0.25, -0.2) is 0 Å². The first-order valence-corrected chi connectivity index (χ1v) is 7.23. The lowest BCUT2D eigenvalue weighted by Crippen LogP contribution is -1.98. The second kappa shape index (κ2) is 4.86. The van der Waals surface area contributed by atoms with Gasteiger partial charge < -0.3 is 4.74 Å². The van der Waals surface area contributed by atoms with Crippen LogP contribution in [0.15, 0.2) is 33.9 Å². The first-order chi connectivity index (χ1) is 9.19. The number of hydrogen-bond acceptors (Lipinski definition) is 4. The number of carbonyl (C=O) groups is 1. The fourth-order valence-corrected chi connectivity index (χ4v) is 3.52. The van der Waals surface area contributed by atoms with E-state index in [0.29, 0.717) is 17.9 Å². The Morgan fingerprint density at radius 1 is 1.37 bits per heavy atom. The lowest BCUT2D eigenvalue weighted by atomic mass is 10.1. The summed E-state index contributed by atoms with van der Waals surface area (Å²) < 4.78 is 6.65. The van der Waals surface area contributed by atoms with Gasteiger partial charge in [-0.3, -0.25) is 4.79 Å². The third kappa shape index (κ3) is 2.21. The van der Waals surface area contributed by atoms with Crippen molar-refractivity contribution in [1.29, 1.82) is 0 Å². The maximum atomic E-state index is 11.4. The first kappa shape index (κ1) is 12.5. The molecule has 1 aliphatic rings. The van der Waals surface area contributed by atoms with E-state index in [1.54, 1.807) is 6.07 Å². The molecule has 0 unspecified atom stereocenters. The van der Waals surface area contributed by atoms with Crippen LogP contribution in [0.3, 0.4) is 0 Å². The summed E-state index contributed by atoms with van der Waals surface area (Å²) in [6.07, 6.45) is 0.713. The molecule has 6 heteroatoms. The predicted molar refractivity (Wildman–Crippen MR) is 76.8 cm³/mol. The maximum absolute atomic E-state index is 11.4. The van der Waals surface area contributed by atoms with Gasteiger partial charge in [0, 0.05) is 26.5 Å². The number of halogens is 1. The van der Waals surface area contributed by atoms with Crippen LogP contribution in [0.4, 0.5) is 0 Å². The van der Waals surface area contributed by atoms with Crippen LogP contribution >= 0.6 is 27.3 Å². The van der Waals surface area contributed by atoms with Gasteiger partial charge in [0.05, 0.1) is 11.5 Å². The summed E-state index contributed by atoms with van der Waals surface area (Å²) in [5.41, 5.74) is 1.98. The summed E-state index contributed by atoms with van der Waals surface area (Å²) in [7, 11) is 0. The van der Waals surface area contributed by atoms with E-state index < -0.39 is 5.91 Å². The molecule has 0 aliphatic carbocycles. The molecular formula is C13H8BrNO3S. The molecule has 0 bridgehead atoms. The van der Waals surface area contributed by atoms with Crippen LogP contribution in [0, 0.1) is 4.91 Å². The Balaban J connectivity index is 2.17. The summed E-state index contributed by atoms with van der Waals surface area (Å²) >= 11 is 4.70. The van der Waals surface area contributed by atoms with Crippen molar-refractivity contribution in [2.24, 2.45) is 5.18 Å². The van der Waals surface area contributed by atoms with E-state index >= 15 is 0 Å². The Hall–Kier alpha value is -1.53. The molecule has 0 saturated carbocycles. The zero-order chi connectivity index (χ0) is 13.4. The topological polar surface area (TPSA) is 55.7 Å². The number of rotatable bonds is 1. The largest absolute Gasteiger partial charge is 0.493 e. The highest BCUT2D eigenvalue weighted by Gasteiger charge is 2.21. The Morgan fingerprint density at radius 3 is 3.00 bits per heavy atom. The van der Waals surface area contributed by atoms with E-state index in [1.165, 1.54) is 11.3 Å². The summed E-state index contributed by atoms with van der Waals surface area (Å²) in [4.78, 5) is 23.1. The number of benzene rings is 1. The molecule has 0 fully saturated rings. The summed E-state index contributed by atoms with van der Waals surface area (Å²) in [6, 6.07) is 7.52. The zero-order valence-electron chi connectivity index (χ0n) is 9.68. The van der Waals surface area contributed by atoms with Crippen LogP contribution < -0.4 is 4.74 Å². The van der Waals surface area contributed by atoms with Crippen molar-refractivity contribution >= 4 is 33.2 Å². The lowest BCUT2D eigenvalue weighted by molar-refractivity contribution is 0.100. The van der Waals surface area contributed by atoms with Crippen LogP contribution in [0.2, 0.25) is 0 Å². The van der Waals surface area contributed by atoms with Crippen LogP contribution in [-0.4, -0.2) is 12.5 Å².